The van der Waals surface area contributed by atoms with Crippen molar-refractivity contribution < 1.29 is 9.47 Å². The Labute approximate surface area is 156 Å². The molecule has 3 nitrogen and oxygen atoms in total. The second kappa shape index (κ2) is 8.24. The minimum Gasteiger partial charge on any atom is -0.493 e. The van der Waals surface area contributed by atoms with Crippen molar-refractivity contribution in [2.45, 2.75) is 32.4 Å². The zero-order valence-electron chi connectivity index (χ0n) is 16.0. The van der Waals surface area contributed by atoms with Gasteiger partial charge in [-0.2, -0.15) is 0 Å². The van der Waals surface area contributed by atoms with E-state index in [1.54, 1.807) is 14.2 Å². The molecule has 0 fully saturated rings. The molecular weight excluding hydrogens is 322 g/mol. The highest BCUT2D eigenvalue weighted by Crippen LogP contribution is 2.28. The van der Waals surface area contributed by atoms with Gasteiger partial charge in [-0.25, -0.2) is 0 Å². The van der Waals surface area contributed by atoms with E-state index in [-0.39, 0.29) is 6.04 Å². The summed E-state index contributed by atoms with van der Waals surface area (Å²) in [5, 5.41) is 6.33. The Balaban J connectivity index is 1.72. The van der Waals surface area contributed by atoms with Crippen LogP contribution in [0.25, 0.3) is 10.8 Å². The molecule has 3 aromatic carbocycles. The zero-order chi connectivity index (χ0) is 18.5. The van der Waals surface area contributed by atoms with Crippen molar-refractivity contribution in [2.24, 2.45) is 0 Å². The van der Waals surface area contributed by atoms with Crippen LogP contribution in [-0.2, 0) is 6.42 Å². The first-order chi connectivity index (χ1) is 12.6. The van der Waals surface area contributed by atoms with Crippen LogP contribution in [0.2, 0.25) is 0 Å². The van der Waals surface area contributed by atoms with Gasteiger partial charge in [0, 0.05) is 12.1 Å². The fourth-order valence-corrected chi connectivity index (χ4v) is 3.56. The van der Waals surface area contributed by atoms with E-state index in [1.807, 2.05) is 6.07 Å². The van der Waals surface area contributed by atoms with Gasteiger partial charge in [-0.3, -0.25) is 0 Å². The summed E-state index contributed by atoms with van der Waals surface area (Å²) in [6.07, 6.45) is 0.926. The van der Waals surface area contributed by atoms with E-state index in [0.717, 1.165) is 17.9 Å². The smallest absolute Gasteiger partial charge is 0.160 e. The summed E-state index contributed by atoms with van der Waals surface area (Å²) < 4.78 is 10.7. The van der Waals surface area contributed by atoms with Crippen LogP contribution in [0, 0.1) is 0 Å². The second-order valence-electron chi connectivity index (χ2n) is 6.75. The van der Waals surface area contributed by atoms with Gasteiger partial charge in [-0.05, 0) is 54.3 Å². The number of ether oxygens (including phenoxy) is 2. The molecule has 0 aliphatic carbocycles. The van der Waals surface area contributed by atoms with Crippen molar-refractivity contribution in [2.75, 3.05) is 14.2 Å². The molecule has 3 aromatic rings. The second-order valence-corrected chi connectivity index (χ2v) is 6.75. The highest BCUT2D eigenvalue weighted by atomic mass is 16.5. The zero-order valence-corrected chi connectivity index (χ0v) is 16.0. The van der Waals surface area contributed by atoms with Crippen molar-refractivity contribution in [3.63, 3.8) is 0 Å². The van der Waals surface area contributed by atoms with Crippen molar-refractivity contribution in [1.29, 1.82) is 0 Å². The van der Waals surface area contributed by atoms with Crippen LogP contribution >= 0.6 is 0 Å². The Morgan fingerprint density at radius 3 is 2.35 bits per heavy atom. The van der Waals surface area contributed by atoms with E-state index in [9.17, 15) is 0 Å². The third kappa shape index (κ3) is 4.00. The molecule has 2 unspecified atom stereocenters. The van der Waals surface area contributed by atoms with Crippen LogP contribution in [0.5, 0.6) is 11.5 Å². The van der Waals surface area contributed by atoms with Crippen LogP contribution in [0.1, 0.15) is 31.0 Å². The Morgan fingerprint density at radius 1 is 0.846 bits per heavy atom. The van der Waals surface area contributed by atoms with Gasteiger partial charge < -0.3 is 14.8 Å². The van der Waals surface area contributed by atoms with E-state index >= 15 is 0 Å². The summed E-state index contributed by atoms with van der Waals surface area (Å²) in [4.78, 5) is 0. The van der Waals surface area contributed by atoms with E-state index in [2.05, 4.69) is 73.8 Å². The predicted octanol–water partition coefficient (Wildman–Crippen LogP) is 5.14. The van der Waals surface area contributed by atoms with Gasteiger partial charge in [0.05, 0.1) is 14.2 Å². The Morgan fingerprint density at radius 2 is 1.58 bits per heavy atom. The number of hydrogen-bond donors (Lipinski definition) is 1. The van der Waals surface area contributed by atoms with Gasteiger partial charge in [-0.15, -0.1) is 0 Å². The number of rotatable bonds is 7. The topological polar surface area (TPSA) is 30.5 Å². The molecule has 2 atom stereocenters. The van der Waals surface area contributed by atoms with Gasteiger partial charge in [0.1, 0.15) is 0 Å². The van der Waals surface area contributed by atoms with Crippen molar-refractivity contribution >= 4 is 10.8 Å². The lowest BCUT2D eigenvalue weighted by atomic mass is 9.98. The number of fused-ring (bicyclic) bond motifs is 1. The predicted molar refractivity (Wildman–Crippen MR) is 108 cm³/mol. The lowest BCUT2D eigenvalue weighted by molar-refractivity contribution is 0.354. The molecule has 1 N–H and O–H groups in total. The molecule has 0 aromatic heterocycles. The largest absolute Gasteiger partial charge is 0.493 e. The molecule has 0 saturated carbocycles. The summed E-state index contributed by atoms with van der Waals surface area (Å²) in [6, 6.07) is 21.8. The maximum atomic E-state index is 5.41. The van der Waals surface area contributed by atoms with Crippen LogP contribution in [-0.4, -0.2) is 20.3 Å². The van der Waals surface area contributed by atoms with Gasteiger partial charge >= 0.3 is 0 Å². The third-order valence-electron chi connectivity index (χ3n) is 4.81. The highest BCUT2D eigenvalue weighted by Gasteiger charge is 2.13. The minimum atomic E-state index is 0.274. The van der Waals surface area contributed by atoms with E-state index in [0.29, 0.717) is 6.04 Å². The van der Waals surface area contributed by atoms with Crippen molar-refractivity contribution in [3.05, 3.63) is 71.8 Å². The first kappa shape index (κ1) is 18.3. The molecule has 0 aliphatic heterocycles. The van der Waals surface area contributed by atoms with Crippen molar-refractivity contribution in [1.82, 2.24) is 5.32 Å². The van der Waals surface area contributed by atoms with Crippen LogP contribution in [0.4, 0.5) is 0 Å². The first-order valence-corrected chi connectivity index (χ1v) is 9.07. The summed E-state index contributed by atoms with van der Waals surface area (Å²) in [6.45, 7) is 4.45. The quantitative estimate of drug-likeness (QED) is 0.641. The van der Waals surface area contributed by atoms with E-state index in [4.69, 9.17) is 9.47 Å². The van der Waals surface area contributed by atoms with Gasteiger partial charge in [0.15, 0.2) is 11.5 Å². The average Bonchev–Trinajstić information content (AvgIpc) is 2.67. The van der Waals surface area contributed by atoms with E-state index in [1.165, 1.54) is 21.9 Å². The summed E-state index contributed by atoms with van der Waals surface area (Å²) in [5.41, 5.74) is 2.56. The van der Waals surface area contributed by atoms with Crippen LogP contribution < -0.4 is 14.8 Å². The molecule has 0 aliphatic rings. The molecule has 0 spiro atoms. The maximum Gasteiger partial charge on any atom is 0.160 e. The van der Waals surface area contributed by atoms with Crippen LogP contribution in [0.15, 0.2) is 60.7 Å². The molecular formula is C23H27NO2. The third-order valence-corrected chi connectivity index (χ3v) is 4.81. The summed E-state index contributed by atoms with van der Waals surface area (Å²) >= 11 is 0. The Kier molecular flexibility index (Phi) is 5.79. The lowest BCUT2D eigenvalue weighted by Crippen LogP contribution is -2.30. The fourth-order valence-electron chi connectivity index (χ4n) is 3.56. The highest BCUT2D eigenvalue weighted by molar-refractivity contribution is 5.86. The summed E-state index contributed by atoms with van der Waals surface area (Å²) in [5.74, 6) is 1.54. The fraction of sp³-hybridized carbons (Fsp3) is 0.304. The Hall–Kier alpha value is -2.52. The summed E-state index contributed by atoms with van der Waals surface area (Å²) in [7, 11) is 3.33. The van der Waals surface area contributed by atoms with Gasteiger partial charge in [0.2, 0.25) is 0 Å². The SMILES string of the molecule is COc1ccc(CC(C)NC(C)c2cccc3ccccc23)cc1OC. The maximum absolute atomic E-state index is 5.41. The number of methoxy groups -OCH3 is 2. The number of nitrogens with one attached hydrogen (secondary N) is 1. The Bertz CT molecular complexity index is 870. The molecule has 3 rings (SSSR count). The molecule has 0 saturated heterocycles. The van der Waals surface area contributed by atoms with Crippen molar-refractivity contribution in [3.8, 4) is 11.5 Å². The molecule has 136 valence electrons. The average molecular weight is 349 g/mol. The molecule has 0 radical (unpaired) electrons. The van der Waals surface area contributed by atoms with Gasteiger partial charge in [0.25, 0.3) is 0 Å². The normalized spacial score (nSPS) is 13.4. The standard InChI is InChI=1S/C23H27NO2/c1-16(14-18-12-13-22(25-3)23(15-18)26-4)24-17(2)20-11-7-9-19-8-5-6-10-21(19)20/h5-13,15-17,24H,14H2,1-4H3. The monoisotopic (exact) mass is 349 g/mol. The van der Waals surface area contributed by atoms with E-state index < -0.39 is 0 Å². The first-order valence-electron chi connectivity index (χ1n) is 9.07. The van der Waals surface area contributed by atoms with Crippen LogP contribution in [0.3, 0.4) is 0 Å². The number of hydrogen-bond acceptors (Lipinski definition) is 3. The molecule has 0 bridgehead atoms. The molecule has 26 heavy (non-hydrogen) atoms. The number of benzene rings is 3. The molecule has 0 heterocycles. The molecule has 0 amide bonds. The van der Waals surface area contributed by atoms with Gasteiger partial charge in [-0.1, -0.05) is 48.5 Å². The lowest BCUT2D eigenvalue weighted by Gasteiger charge is -2.22. The molecule has 3 heteroatoms. The minimum absolute atomic E-state index is 0.274.